The van der Waals surface area contributed by atoms with Crippen molar-refractivity contribution in [2.24, 2.45) is 0 Å². The van der Waals surface area contributed by atoms with E-state index in [1.807, 2.05) is 86.8 Å². The van der Waals surface area contributed by atoms with E-state index >= 15 is 9.59 Å². The number of fused-ring (bicyclic) bond motifs is 8. The summed E-state index contributed by atoms with van der Waals surface area (Å²) >= 11 is 7.02. The van der Waals surface area contributed by atoms with Crippen molar-refractivity contribution >= 4 is 80.2 Å². The van der Waals surface area contributed by atoms with E-state index < -0.39 is 10.8 Å². The summed E-state index contributed by atoms with van der Waals surface area (Å²) in [6.45, 7) is 47.1. The van der Waals surface area contributed by atoms with Gasteiger partial charge < -0.3 is 4.74 Å². The average Bonchev–Trinajstić information content (AvgIpc) is 1.52. The fourth-order valence-corrected chi connectivity index (χ4v) is 24.1. The second-order valence-electron chi connectivity index (χ2n) is 33.7. The summed E-state index contributed by atoms with van der Waals surface area (Å²) in [5.74, 6) is 0.378. The molecular weight excluding hydrogens is 1540 g/mol. The molecule has 0 bridgehead atoms. The molecule has 11 aromatic rings. The Bertz CT molecular complexity index is 5920. The van der Waals surface area contributed by atoms with Crippen LogP contribution in [0.15, 0.2) is 180 Å². The van der Waals surface area contributed by atoms with Crippen LogP contribution in [0.4, 0.5) is 0 Å². The molecule has 4 aliphatic rings. The number of unbranched alkanes of at least 4 members (excludes halogenated alkanes) is 15. The number of hydrogen-bond donors (Lipinski definition) is 0. The molecule has 11 heteroatoms. The molecule has 4 aromatic heterocycles. The summed E-state index contributed by atoms with van der Waals surface area (Å²) in [6, 6.07) is 62.3. The van der Waals surface area contributed by atoms with Crippen molar-refractivity contribution in [1.29, 1.82) is 5.26 Å². The Balaban J connectivity index is 0.932. The molecule has 15 rings (SSSR count). The van der Waals surface area contributed by atoms with Crippen LogP contribution in [0.5, 0.6) is 5.75 Å². The second kappa shape index (κ2) is 37.2. The van der Waals surface area contributed by atoms with Gasteiger partial charge in [-0.1, -0.05) is 240 Å². The number of benzene rings is 7. The average molecular weight is 1650 g/mol. The summed E-state index contributed by atoms with van der Waals surface area (Å²) in [4.78, 5) is 50.0. The number of ketones is 2. The maximum Gasteiger partial charge on any atom is 0.528 e. The highest BCUT2D eigenvalue weighted by Gasteiger charge is 2.52. The van der Waals surface area contributed by atoms with Gasteiger partial charge in [-0.2, -0.15) is 9.69 Å². The number of allylic oxidation sites excluding steroid dienone is 5. The fourth-order valence-electron chi connectivity index (χ4n) is 18.9. The van der Waals surface area contributed by atoms with Crippen LogP contribution in [0.2, 0.25) is 0 Å². The Labute approximate surface area is 728 Å². The van der Waals surface area contributed by atoms with Gasteiger partial charge in [0.2, 0.25) is 0 Å². The standard InChI is InChI=1S/C109H108N4O3S4/c1-14-19-24-29-34-73-38-46-77(47-39-73)108(78-48-40-74(41-49-78)35-30-25-20-15-2)92-63-82(61-90-100(107(112-12)113-13)85-56-69(7)71(9)58-87(85)102(90)115)118-103(92)105-93(108)65-97(119-105)83-64-96(116-54-33-28-23-18-5)88(59-72(83)10)98-66-94-106(120-98)104-91(62-81(117-104)60-89-99(95(67-110)111-11)84-55-68(6)70(8)57-86(84)101(89)114)109(94,79-50-42-75(43-51-79)36-31-26-21-16-3)80-52-44-76(45-53-80)37-32-27-22-17-4/h38-53,55-66H,14-37,54H2,1-10H3/b89-60-,90-61-,99-95-. The number of thiophene rings is 4. The number of Topliss-reactive ketones (excluding diaryl/α,β-unsaturated/α-hetero) is 2. The number of nitriles is 1. The maximum atomic E-state index is 15.0. The summed E-state index contributed by atoms with van der Waals surface area (Å²) < 4.78 is 7.37. The van der Waals surface area contributed by atoms with Gasteiger partial charge in [0.15, 0.2) is 11.6 Å². The lowest BCUT2D eigenvalue weighted by molar-refractivity contribution is 0.103. The fraction of sp³-hybridized carbons (Fsp3) is 0.339. The van der Waals surface area contributed by atoms with Gasteiger partial charge in [0.1, 0.15) is 18.9 Å². The molecule has 0 radical (unpaired) electrons. The lowest BCUT2D eigenvalue weighted by atomic mass is 9.68. The number of aryl methyl sites for hydroxylation is 9. The van der Waals surface area contributed by atoms with Crippen LogP contribution in [0.25, 0.3) is 78.2 Å². The van der Waals surface area contributed by atoms with Gasteiger partial charge in [0, 0.05) is 52.9 Å². The van der Waals surface area contributed by atoms with Gasteiger partial charge in [-0.3, -0.25) is 9.59 Å². The molecule has 0 saturated heterocycles. The quantitative estimate of drug-likeness (QED) is 0.0174. The Morgan fingerprint density at radius 3 is 1.07 bits per heavy atom. The van der Waals surface area contributed by atoms with Crippen molar-refractivity contribution in [3.63, 3.8) is 0 Å². The third kappa shape index (κ3) is 15.9. The summed E-state index contributed by atoms with van der Waals surface area (Å²) in [5, 5.41) is 10.6. The van der Waals surface area contributed by atoms with E-state index in [1.165, 1.54) is 142 Å². The molecule has 7 aromatic carbocycles. The molecule has 0 aliphatic heterocycles. The van der Waals surface area contributed by atoms with Crippen molar-refractivity contribution in [1.82, 2.24) is 0 Å². The van der Waals surface area contributed by atoms with Gasteiger partial charge in [-0.05, 0) is 264 Å². The molecule has 120 heavy (non-hydrogen) atoms. The third-order valence-corrected chi connectivity index (χ3v) is 30.5. The SMILES string of the molecule is [C-]#[N+]C([N+]#[C-])=C1/C(=C/c2cc3c(s2)-c2sc(-c4cc(OCCCCCC)c(-c5cc6c(s5)-c5sc(/C=C7\C(=O)c8cc(C)c(C)cc8\C7=C(/C#N)[N+]#[C-])cc5C6(c5ccc(CCCCCC)cc5)c5ccc(CCCCCC)cc5)cc4C)cc2C3(c2ccc(CCCCCC)cc2)c2ccc(CCCCCC)cc2)C(=O)c2cc(C)c(C)cc21. The molecular formula is C109H108N4O3S4. The molecule has 606 valence electrons. The topological polar surface area (TPSA) is 80.2 Å². The number of rotatable bonds is 34. The van der Waals surface area contributed by atoms with E-state index in [0.29, 0.717) is 51.2 Å². The number of hydrogen-bond acceptors (Lipinski definition) is 8. The molecule has 0 spiro atoms. The van der Waals surface area contributed by atoms with Crippen molar-refractivity contribution in [2.45, 2.75) is 234 Å². The van der Waals surface area contributed by atoms with E-state index in [9.17, 15) is 5.26 Å². The molecule has 4 heterocycles. The van der Waals surface area contributed by atoms with Crippen LogP contribution in [-0.4, -0.2) is 18.2 Å². The molecule has 0 saturated carbocycles. The van der Waals surface area contributed by atoms with Gasteiger partial charge in [-0.15, -0.1) is 45.3 Å². The van der Waals surface area contributed by atoms with Crippen LogP contribution in [0, 0.1) is 65.7 Å². The molecule has 0 atom stereocenters. The number of ether oxygens (including phenoxy) is 1. The minimum absolute atomic E-state index is 0.0898. The van der Waals surface area contributed by atoms with Gasteiger partial charge in [-0.25, -0.2) is 10.1 Å². The zero-order chi connectivity index (χ0) is 83.9. The minimum Gasteiger partial charge on any atom is -0.493 e. The molecule has 0 unspecified atom stereocenters. The first-order valence-electron chi connectivity index (χ1n) is 44.0. The summed E-state index contributed by atoms with van der Waals surface area (Å²) in [5.41, 5.74) is 24.1. The van der Waals surface area contributed by atoms with Crippen molar-refractivity contribution < 1.29 is 14.3 Å². The number of carbonyl (C=O) groups excluding carboxylic acids is 2. The van der Waals surface area contributed by atoms with Gasteiger partial charge in [0.25, 0.3) is 5.70 Å². The molecule has 7 nitrogen and oxygen atoms in total. The predicted octanol–water partition coefficient (Wildman–Crippen LogP) is 31.2. The first-order valence-corrected chi connectivity index (χ1v) is 47.3. The van der Waals surface area contributed by atoms with Crippen LogP contribution in [0.1, 0.15) is 299 Å². The Morgan fingerprint density at radius 2 is 0.708 bits per heavy atom. The normalized spacial score (nSPS) is 14.8. The minimum atomic E-state index is -0.799. The van der Waals surface area contributed by atoms with Crippen LogP contribution >= 0.6 is 45.3 Å². The highest BCUT2D eigenvalue weighted by Crippen LogP contribution is 2.66. The van der Waals surface area contributed by atoms with E-state index in [4.69, 9.17) is 24.5 Å². The Hall–Kier alpha value is -10.6. The van der Waals surface area contributed by atoms with Gasteiger partial charge in [0.05, 0.1) is 55.2 Å². The predicted molar refractivity (Wildman–Crippen MR) is 505 cm³/mol. The molecule has 0 amide bonds. The van der Waals surface area contributed by atoms with Crippen molar-refractivity contribution in [2.75, 3.05) is 6.61 Å². The summed E-state index contributed by atoms with van der Waals surface area (Å²) in [6.07, 6.45) is 31.1. The number of carbonyl (C=O) groups is 2. The monoisotopic (exact) mass is 1650 g/mol. The highest BCUT2D eigenvalue weighted by atomic mass is 32.1. The second-order valence-corrected chi connectivity index (χ2v) is 38.0. The van der Waals surface area contributed by atoms with Crippen molar-refractivity contribution in [3.05, 3.63) is 341 Å². The lowest BCUT2D eigenvalue weighted by Gasteiger charge is -2.33. The number of nitrogens with zero attached hydrogens (tertiary/aromatic N) is 4. The zero-order valence-corrected chi connectivity index (χ0v) is 74.8. The van der Waals surface area contributed by atoms with E-state index in [1.54, 1.807) is 22.7 Å². The van der Waals surface area contributed by atoms with Crippen LogP contribution in [-0.2, 0) is 36.5 Å². The van der Waals surface area contributed by atoms with E-state index in [-0.39, 0.29) is 23.1 Å². The Kier molecular flexibility index (Phi) is 26.2. The van der Waals surface area contributed by atoms with Crippen LogP contribution in [0.3, 0.4) is 0 Å². The molecule has 4 aliphatic carbocycles. The first-order chi connectivity index (χ1) is 58.5. The lowest BCUT2D eigenvalue weighted by Crippen LogP contribution is -2.28. The molecule has 0 N–H and O–H groups in total. The van der Waals surface area contributed by atoms with Crippen LogP contribution < -0.4 is 4.74 Å². The third-order valence-electron chi connectivity index (χ3n) is 25.7. The summed E-state index contributed by atoms with van der Waals surface area (Å²) in [7, 11) is 0. The van der Waals surface area contributed by atoms with Crippen molar-refractivity contribution in [3.8, 4) is 52.2 Å². The largest absolute Gasteiger partial charge is 0.528 e. The van der Waals surface area contributed by atoms with Gasteiger partial charge >= 0.3 is 5.82 Å². The highest BCUT2D eigenvalue weighted by molar-refractivity contribution is 7.25. The smallest absolute Gasteiger partial charge is 0.493 e. The zero-order valence-electron chi connectivity index (χ0n) is 71.5. The first kappa shape index (κ1) is 84.4. The van der Waals surface area contributed by atoms with E-state index in [2.05, 4.69) is 196 Å². The van der Waals surface area contributed by atoms with E-state index in [0.717, 1.165) is 162 Å². The maximum absolute atomic E-state index is 15.0. The molecule has 0 fully saturated rings. The Morgan fingerprint density at radius 1 is 0.375 bits per heavy atom.